The standard InChI is InChI=1S/C10H11BrO4/c11-5-1-2-7(12)6-3-4-8(13)10(15)9(6)14/h3-4,13-15H,1-2,5H2. The van der Waals surface area contributed by atoms with Crippen LogP contribution in [0.2, 0.25) is 0 Å². The highest BCUT2D eigenvalue weighted by atomic mass is 79.9. The van der Waals surface area contributed by atoms with Gasteiger partial charge in [-0.2, -0.15) is 0 Å². The molecule has 0 radical (unpaired) electrons. The van der Waals surface area contributed by atoms with E-state index in [9.17, 15) is 15.0 Å². The van der Waals surface area contributed by atoms with Crippen molar-refractivity contribution in [1.29, 1.82) is 0 Å². The van der Waals surface area contributed by atoms with E-state index in [0.717, 1.165) is 0 Å². The molecule has 5 heteroatoms. The number of phenols is 3. The average molecular weight is 275 g/mol. The Labute approximate surface area is 95.3 Å². The summed E-state index contributed by atoms with van der Waals surface area (Å²) in [5, 5.41) is 28.4. The first-order chi connectivity index (χ1) is 7.07. The molecule has 0 aromatic heterocycles. The molecule has 0 bridgehead atoms. The quantitative estimate of drug-likeness (QED) is 0.447. The van der Waals surface area contributed by atoms with Crippen LogP contribution in [0.15, 0.2) is 12.1 Å². The van der Waals surface area contributed by atoms with Crippen molar-refractivity contribution >= 4 is 21.7 Å². The molecule has 0 fully saturated rings. The molecule has 0 unspecified atom stereocenters. The first-order valence-electron chi connectivity index (χ1n) is 4.41. The predicted octanol–water partition coefficient (Wildman–Crippen LogP) is 2.16. The Balaban J connectivity index is 2.95. The number of ketones is 1. The van der Waals surface area contributed by atoms with E-state index in [4.69, 9.17) is 5.11 Å². The van der Waals surface area contributed by atoms with Crippen molar-refractivity contribution in [3.63, 3.8) is 0 Å². The fraction of sp³-hybridized carbons (Fsp3) is 0.300. The third-order valence-corrected chi connectivity index (χ3v) is 2.53. The second-order valence-corrected chi connectivity index (χ2v) is 3.84. The van der Waals surface area contributed by atoms with E-state index in [-0.39, 0.29) is 17.8 Å². The highest BCUT2D eigenvalue weighted by molar-refractivity contribution is 9.09. The number of carbonyl (C=O) groups excluding carboxylic acids is 1. The minimum atomic E-state index is -0.653. The number of hydrogen-bond acceptors (Lipinski definition) is 4. The van der Waals surface area contributed by atoms with E-state index in [1.54, 1.807) is 0 Å². The number of phenolic OH excluding ortho intramolecular Hbond substituents is 3. The Kier molecular flexibility index (Phi) is 3.96. The summed E-state index contributed by atoms with van der Waals surface area (Å²) in [6.07, 6.45) is 0.933. The van der Waals surface area contributed by atoms with Gasteiger partial charge in [-0.3, -0.25) is 4.79 Å². The second-order valence-electron chi connectivity index (χ2n) is 3.05. The molecule has 1 aromatic rings. The van der Waals surface area contributed by atoms with E-state index in [1.165, 1.54) is 12.1 Å². The molecule has 0 saturated heterocycles. The number of alkyl halides is 1. The minimum Gasteiger partial charge on any atom is -0.504 e. The van der Waals surface area contributed by atoms with E-state index < -0.39 is 17.2 Å². The zero-order chi connectivity index (χ0) is 11.4. The molecule has 1 rings (SSSR count). The SMILES string of the molecule is O=C(CCCBr)c1ccc(O)c(O)c1O. The molecule has 82 valence electrons. The summed E-state index contributed by atoms with van der Waals surface area (Å²) in [6, 6.07) is 2.47. The maximum absolute atomic E-state index is 11.5. The van der Waals surface area contributed by atoms with Gasteiger partial charge in [-0.25, -0.2) is 0 Å². The molecule has 0 atom stereocenters. The number of hydrogen-bond donors (Lipinski definition) is 3. The van der Waals surface area contributed by atoms with Crippen LogP contribution in [0.5, 0.6) is 17.2 Å². The van der Waals surface area contributed by atoms with Crippen LogP contribution in [-0.4, -0.2) is 26.4 Å². The minimum absolute atomic E-state index is 0.0336. The Morgan fingerprint density at radius 2 is 1.87 bits per heavy atom. The predicted molar refractivity (Wildman–Crippen MR) is 58.8 cm³/mol. The lowest BCUT2D eigenvalue weighted by atomic mass is 10.1. The van der Waals surface area contributed by atoms with Crippen LogP contribution < -0.4 is 0 Å². The normalized spacial score (nSPS) is 10.2. The van der Waals surface area contributed by atoms with Gasteiger partial charge >= 0.3 is 0 Å². The highest BCUT2D eigenvalue weighted by Crippen LogP contribution is 2.37. The molecule has 0 aliphatic heterocycles. The van der Waals surface area contributed by atoms with Crippen LogP contribution in [0.3, 0.4) is 0 Å². The van der Waals surface area contributed by atoms with E-state index >= 15 is 0 Å². The molecule has 0 aliphatic rings. The van der Waals surface area contributed by atoms with Crippen LogP contribution in [0.25, 0.3) is 0 Å². The average Bonchev–Trinajstić information content (AvgIpc) is 2.23. The molecule has 1 aromatic carbocycles. The maximum Gasteiger partial charge on any atom is 0.201 e. The monoisotopic (exact) mass is 274 g/mol. The van der Waals surface area contributed by atoms with Gasteiger partial charge in [0.1, 0.15) is 0 Å². The summed E-state index contributed by atoms with van der Waals surface area (Å²) in [5.74, 6) is -1.92. The van der Waals surface area contributed by atoms with Crippen LogP contribution >= 0.6 is 15.9 Å². The fourth-order valence-electron chi connectivity index (χ4n) is 1.16. The first-order valence-corrected chi connectivity index (χ1v) is 5.53. The topological polar surface area (TPSA) is 77.8 Å². The highest BCUT2D eigenvalue weighted by Gasteiger charge is 2.16. The van der Waals surface area contributed by atoms with Gasteiger partial charge in [0.05, 0.1) is 5.56 Å². The van der Waals surface area contributed by atoms with Gasteiger partial charge in [0.2, 0.25) is 5.75 Å². The van der Waals surface area contributed by atoms with Crippen LogP contribution in [-0.2, 0) is 0 Å². The van der Waals surface area contributed by atoms with Crippen molar-refractivity contribution in [3.8, 4) is 17.2 Å². The van der Waals surface area contributed by atoms with E-state index in [1.807, 2.05) is 0 Å². The van der Waals surface area contributed by atoms with E-state index in [2.05, 4.69) is 15.9 Å². The Morgan fingerprint density at radius 1 is 1.20 bits per heavy atom. The molecule has 0 saturated carbocycles. The first kappa shape index (κ1) is 11.8. The summed E-state index contributed by atoms with van der Waals surface area (Å²) in [5.41, 5.74) is 0.0336. The Morgan fingerprint density at radius 3 is 2.47 bits per heavy atom. The molecule has 0 amide bonds. The van der Waals surface area contributed by atoms with Crippen molar-refractivity contribution in [2.24, 2.45) is 0 Å². The lowest BCUT2D eigenvalue weighted by molar-refractivity contribution is 0.0979. The Hall–Kier alpha value is -1.23. The molecule has 3 N–H and O–H groups in total. The lowest BCUT2D eigenvalue weighted by Gasteiger charge is -2.06. The smallest absolute Gasteiger partial charge is 0.201 e. The molecule has 4 nitrogen and oxygen atoms in total. The molecular formula is C10H11BrO4. The van der Waals surface area contributed by atoms with Gasteiger partial charge in [-0.05, 0) is 18.6 Å². The largest absolute Gasteiger partial charge is 0.504 e. The van der Waals surface area contributed by atoms with Gasteiger partial charge in [0.25, 0.3) is 0 Å². The second kappa shape index (κ2) is 5.02. The fourth-order valence-corrected chi connectivity index (χ4v) is 1.44. The molecule has 15 heavy (non-hydrogen) atoms. The van der Waals surface area contributed by atoms with Gasteiger partial charge in [-0.1, -0.05) is 15.9 Å². The van der Waals surface area contributed by atoms with Gasteiger partial charge in [0.15, 0.2) is 17.3 Å². The number of halogens is 1. The van der Waals surface area contributed by atoms with Crippen LogP contribution in [0.4, 0.5) is 0 Å². The van der Waals surface area contributed by atoms with Crippen molar-refractivity contribution in [1.82, 2.24) is 0 Å². The van der Waals surface area contributed by atoms with Crippen molar-refractivity contribution < 1.29 is 20.1 Å². The van der Waals surface area contributed by atoms with E-state index in [0.29, 0.717) is 11.8 Å². The summed E-state index contributed by atoms with van der Waals surface area (Å²) in [4.78, 5) is 11.5. The third-order valence-electron chi connectivity index (χ3n) is 1.97. The van der Waals surface area contributed by atoms with Crippen LogP contribution in [0, 0.1) is 0 Å². The van der Waals surface area contributed by atoms with Crippen molar-refractivity contribution in [2.45, 2.75) is 12.8 Å². The molecule has 0 heterocycles. The number of aromatic hydroxyl groups is 3. The lowest BCUT2D eigenvalue weighted by Crippen LogP contribution is -1.99. The van der Waals surface area contributed by atoms with Crippen LogP contribution in [0.1, 0.15) is 23.2 Å². The third kappa shape index (κ3) is 2.62. The molecule has 0 spiro atoms. The summed E-state index contributed by atoms with van der Waals surface area (Å²) in [7, 11) is 0. The van der Waals surface area contributed by atoms with Crippen molar-refractivity contribution in [3.05, 3.63) is 17.7 Å². The zero-order valence-corrected chi connectivity index (χ0v) is 9.49. The number of carbonyl (C=O) groups is 1. The maximum atomic E-state index is 11.5. The summed E-state index contributed by atoms with van der Waals surface area (Å²) < 4.78 is 0. The number of Topliss-reactive ketones (excluding diaryl/α,β-unsaturated/α-hetero) is 1. The summed E-state index contributed by atoms with van der Waals surface area (Å²) >= 11 is 3.19. The summed E-state index contributed by atoms with van der Waals surface area (Å²) in [6.45, 7) is 0. The van der Waals surface area contributed by atoms with Crippen molar-refractivity contribution in [2.75, 3.05) is 5.33 Å². The van der Waals surface area contributed by atoms with Gasteiger partial charge in [-0.15, -0.1) is 0 Å². The number of rotatable bonds is 4. The molecular weight excluding hydrogens is 264 g/mol. The van der Waals surface area contributed by atoms with Gasteiger partial charge < -0.3 is 15.3 Å². The Bertz CT molecular complexity index is 376. The zero-order valence-electron chi connectivity index (χ0n) is 7.90. The number of benzene rings is 1. The van der Waals surface area contributed by atoms with Gasteiger partial charge in [0, 0.05) is 11.8 Å². The molecule has 0 aliphatic carbocycles.